The molecule has 0 bridgehead atoms. The first-order chi connectivity index (χ1) is 13.4. The summed E-state index contributed by atoms with van der Waals surface area (Å²) in [5, 5.41) is 1.18. The molecule has 1 fully saturated rings. The van der Waals surface area contributed by atoms with E-state index in [0.717, 1.165) is 46.3 Å². The number of H-pyrrole nitrogens is 1. The lowest BCUT2D eigenvalue weighted by molar-refractivity contribution is -0.398. The van der Waals surface area contributed by atoms with Gasteiger partial charge in [-0.2, -0.15) is 0 Å². The molecule has 7 heteroatoms. The molecule has 0 saturated carbocycles. The molecule has 1 N–H and O–H groups in total. The molecule has 0 unspecified atom stereocenters. The van der Waals surface area contributed by atoms with Crippen molar-refractivity contribution in [2.75, 3.05) is 18.0 Å². The molecular weight excluding hydrogens is 372 g/mol. The van der Waals surface area contributed by atoms with Crippen LogP contribution in [0.2, 0.25) is 0 Å². The Morgan fingerprint density at radius 3 is 2.79 bits per heavy atom. The molecule has 0 amide bonds. The molecule has 2 aliphatic rings. The standard InChI is InChI=1S/C21H26N4O2S/c1-12(2)27-19-17-16(22-11-23-19)15-13-9-21(3,4)26-10-14(13)18(24-20(15)28-17)25-7-5-6-8-25/h11-12H,5-10H2,1-4H3/p+1. The van der Waals surface area contributed by atoms with Crippen LogP contribution in [-0.2, 0) is 17.8 Å². The highest BCUT2D eigenvalue weighted by Gasteiger charge is 2.34. The van der Waals surface area contributed by atoms with Crippen LogP contribution in [0.4, 0.5) is 5.82 Å². The van der Waals surface area contributed by atoms with E-state index in [9.17, 15) is 0 Å². The highest BCUT2D eigenvalue weighted by Crippen LogP contribution is 2.44. The molecule has 0 aromatic carbocycles. The van der Waals surface area contributed by atoms with Crippen molar-refractivity contribution in [2.24, 2.45) is 0 Å². The van der Waals surface area contributed by atoms with E-state index in [0.29, 0.717) is 6.61 Å². The lowest BCUT2D eigenvalue weighted by atomic mass is 9.90. The third-order valence-corrected chi connectivity index (χ3v) is 6.64. The van der Waals surface area contributed by atoms with Crippen LogP contribution in [0.3, 0.4) is 0 Å². The Labute approximate surface area is 168 Å². The van der Waals surface area contributed by atoms with Gasteiger partial charge < -0.3 is 14.4 Å². The largest absolute Gasteiger partial charge is 0.458 e. The minimum absolute atomic E-state index is 0.0985. The monoisotopic (exact) mass is 399 g/mol. The summed E-state index contributed by atoms with van der Waals surface area (Å²) in [6, 6.07) is 0. The highest BCUT2D eigenvalue weighted by atomic mass is 32.1. The van der Waals surface area contributed by atoms with E-state index in [-0.39, 0.29) is 11.7 Å². The molecule has 28 heavy (non-hydrogen) atoms. The second kappa shape index (κ2) is 6.52. The number of anilines is 1. The van der Waals surface area contributed by atoms with Gasteiger partial charge >= 0.3 is 5.88 Å². The zero-order valence-corrected chi connectivity index (χ0v) is 17.8. The first-order valence-corrected chi connectivity index (χ1v) is 10.9. The molecule has 5 rings (SSSR count). The number of fused-ring (bicyclic) bond motifs is 5. The fraction of sp³-hybridized carbons (Fsp3) is 0.571. The van der Waals surface area contributed by atoms with Crippen LogP contribution in [0.1, 0.15) is 51.7 Å². The first kappa shape index (κ1) is 18.1. The molecular formula is C21H27N4O2S+. The van der Waals surface area contributed by atoms with Crippen molar-refractivity contribution in [3.63, 3.8) is 0 Å². The SMILES string of the molecule is CC(C)Oc1[nH+]cnc2c1sc1nc(N3CCCC3)c3c(c12)CC(C)(C)OC3. The van der Waals surface area contributed by atoms with Crippen LogP contribution >= 0.6 is 11.3 Å². The quantitative estimate of drug-likeness (QED) is 0.668. The van der Waals surface area contributed by atoms with Gasteiger partial charge in [0.15, 0.2) is 4.70 Å². The van der Waals surface area contributed by atoms with E-state index in [1.54, 1.807) is 17.7 Å². The van der Waals surface area contributed by atoms with Crippen molar-refractivity contribution < 1.29 is 14.5 Å². The molecule has 5 heterocycles. The number of ether oxygens (including phenoxy) is 2. The van der Waals surface area contributed by atoms with Gasteiger partial charge in [0.2, 0.25) is 5.52 Å². The minimum Gasteiger partial charge on any atom is -0.458 e. The van der Waals surface area contributed by atoms with Crippen LogP contribution in [0.25, 0.3) is 20.4 Å². The zero-order chi connectivity index (χ0) is 19.5. The normalized spacial score (nSPS) is 19.0. The molecule has 3 aromatic rings. The summed E-state index contributed by atoms with van der Waals surface area (Å²) in [5.74, 6) is 1.89. The molecule has 0 atom stereocenters. The second-order valence-corrected chi connectivity index (χ2v) is 9.67. The maximum absolute atomic E-state index is 6.19. The zero-order valence-electron chi connectivity index (χ0n) is 17.0. The van der Waals surface area contributed by atoms with Gasteiger partial charge in [-0.1, -0.05) is 0 Å². The lowest BCUT2D eigenvalue weighted by Crippen LogP contribution is -2.33. The third kappa shape index (κ3) is 2.92. The van der Waals surface area contributed by atoms with Crippen molar-refractivity contribution in [3.8, 4) is 5.88 Å². The van der Waals surface area contributed by atoms with Crippen molar-refractivity contribution in [2.45, 2.75) is 65.3 Å². The Morgan fingerprint density at radius 2 is 2.04 bits per heavy atom. The van der Waals surface area contributed by atoms with Crippen molar-refractivity contribution >= 4 is 37.6 Å². The van der Waals surface area contributed by atoms with E-state index in [4.69, 9.17) is 19.4 Å². The Morgan fingerprint density at radius 1 is 1.25 bits per heavy atom. The molecule has 0 spiro atoms. The predicted molar refractivity (Wildman–Crippen MR) is 111 cm³/mol. The van der Waals surface area contributed by atoms with Crippen molar-refractivity contribution in [1.29, 1.82) is 0 Å². The fourth-order valence-electron chi connectivity index (χ4n) is 4.31. The van der Waals surface area contributed by atoms with E-state index in [1.165, 1.54) is 29.4 Å². The Hall–Kier alpha value is -1.99. The average molecular weight is 400 g/mol. The summed E-state index contributed by atoms with van der Waals surface area (Å²) in [6.07, 6.45) is 5.17. The number of nitrogens with zero attached hydrogens (tertiary/aromatic N) is 3. The molecule has 2 aliphatic heterocycles. The number of nitrogens with one attached hydrogen (secondary N) is 1. The Balaban J connectivity index is 1.80. The van der Waals surface area contributed by atoms with Crippen LogP contribution < -0.4 is 14.6 Å². The highest BCUT2D eigenvalue weighted by molar-refractivity contribution is 7.25. The summed E-state index contributed by atoms with van der Waals surface area (Å²) in [6.45, 7) is 11.2. The Bertz CT molecular complexity index is 1050. The number of aromatic amines is 1. The van der Waals surface area contributed by atoms with E-state index >= 15 is 0 Å². The molecule has 0 radical (unpaired) electrons. The molecule has 148 valence electrons. The molecule has 1 saturated heterocycles. The summed E-state index contributed by atoms with van der Waals surface area (Å²) in [7, 11) is 0. The van der Waals surface area contributed by atoms with E-state index < -0.39 is 0 Å². The van der Waals surface area contributed by atoms with E-state index in [2.05, 4.69) is 23.7 Å². The van der Waals surface area contributed by atoms with Crippen LogP contribution in [0.15, 0.2) is 6.33 Å². The van der Waals surface area contributed by atoms with E-state index in [1.807, 2.05) is 13.8 Å². The van der Waals surface area contributed by atoms with Crippen molar-refractivity contribution in [3.05, 3.63) is 17.5 Å². The van der Waals surface area contributed by atoms with Crippen LogP contribution in [0.5, 0.6) is 5.88 Å². The number of hydrogen-bond acceptors (Lipinski definition) is 6. The summed E-state index contributed by atoms with van der Waals surface area (Å²) in [4.78, 5) is 16.5. The number of pyridine rings is 1. The number of aromatic nitrogens is 3. The van der Waals surface area contributed by atoms with Gasteiger partial charge in [-0.05, 0) is 51.1 Å². The second-order valence-electron chi connectivity index (χ2n) is 8.67. The van der Waals surface area contributed by atoms with Gasteiger partial charge in [0.1, 0.15) is 10.6 Å². The minimum atomic E-state index is -0.185. The number of hydrogen-bond donors (Lipinski definition) is 0. The first-order valence-electron chi connectivity index (χ1n) is 10.1. The number of rotatable bonds is 3. The van der Waals surface area contributed by atoms with Crippen molar-refractivity contribution in [1.82, 2.24) is 9.97 Å². The summed E-state index contributed by atoms with van der Waals surface area (Å²) < 4.78 is 13.3. The smallest absolute Gasteiger partial charge is 0.304 e. The Kier molecular flexibility index (Phi) is 4.21. The van der Waals surface area contributed by atoms with Gasteiger partial charge in [0.05, 0.1) is 23.7 Å². The van der Waals surface area contributed by atoms with Gasteiger partial charge in [-0.25, -0.2) is 9.97 Å². The maximum Gasteiger partial charge on any atom is 0.304 e. The summed E-state index contributed by atoms with van der Waals surface area (Å²) in [5.41, 5.74) is 3.40. The van der Waals surface area contributed by atoms with Gasteiger partial charge in [0, 0.05) is 25.1 Å². The third-order valence-electron chi connectivity index (χ3n) is 5.57. The summed E-state index contributed by atoms with van der Waals surface area (Å²) >= 11 is 1.68. The van der Waals surface area contributed by atoms with Crippen LogP contribution in [-0.4, -0.2) is 34.8 Å². The molecule has 3 aromatic heterocycles. The fourth-order valence-corrected chi connectivity index (χ4v) is 5.41. The van der Waals surface area contributed by atoms with Gasteiger partial charge in [-0.3, -0.25) is 0 Å². The molecule has 6 nitrogen and oxygen atoms in total. The average Bonchev–Trinajstić information content (AvgIpc) is 3.28. The van der Waals surface area contributed by atoms with Gasteiger partial charge in [0.25, 0.3) is 6.33 Å². The van der Waals surface area contributed by atoms with Gasteiger partial charge in [-0.15, -0.1) is 11.3 Å². The van der Waals surface area contributed by atoms with Crippen LogP contribution in [0, 0.1) is 0 Å². The molecule has 0 aliphatic carbocycles. The maximum atomic E-state index is 6.19. The number of thiophene rings is 1. The topological polar surface area (TPSA) is 61.6 Å². The lowest BCUT2D eigenvalue weighted by Gasteiger charge is -2.34. The predicted octanol–water partition coefficient (Wildman–Crippen LogP) is 3.90.